The molecule has 0 aromatic carbocycles. The summed E-state index contributed by atoms with van der Waals surface area (Å²) >= 11 is 0. The van der Waals surface area contributed by atoms with E-state index in [0.717, 1.165) is 57.0 Å². The van der Waals surface area contributed by atoms with Crippen LogP contribution in [-0.2, 0) is 4.74 Å². The van der Waals surface area contributed by atoms with Crippen LogP contribution >= 0.6 is 0 Å². The predicted molar refractivity (Wildman–Crippen MR) is 90.3 cm³/mol. The summed E-state index contributed by atoms with van der Waals surface area (Å²) < 4.78 is 5.73. The standard InChI is InChI=1S/C17H32N4O/c1-3-22-16-7-10-20(11-8-16)17(18-2)19-12-14-6-9-21(13-14)15-4-5-15/h14-16H,3-13H2,1-2H3,(H,18,19). The van der Waals surface area contributed by atoms with E-state index in [1.807, 2.05) is 7.05 Å². The number of hydrogen-bond acceptors (Lipinski definition) is 3. The van der Waals surface area contributed by atoms with Gasteiger partial charge in [0.2, 0.25) is 0 Å². The fraction of sp³-hybridized carbons (Fsp3) is 0.941. The number of rotatable bonds is 5. The van der Waals surface area contributed by atoms with Gasteiger partial charge in [0.1, 0.15) is 0 Å². The van der Waals surface area contributed by atoms with E-state index in [-0.39, 0.29) is 0 Å². The van der Waals surface area contributed by atoms with Gasteiger partial charge in [-0.25, -0.2) is 0 Å². The van der Waals surface area contributed by atoms with Crippen molar-refractivity contribution in [1.82, 2.24) is 15.1 Å². The van der Waals surface area contributed by atoms with E-state index in [4.69, 9.17) is 4.74 Å². The molecule has 5 nitrogen and oxygen atoms in total. The molecule has 0 spiro atoms. The van der Waals surface area contributed by atoms with Crippen molar-refractivity contribution in [1.29, 1.82) is 0 Å². The third-order valence-electron chi connectivity index (χ3n) is 5.29. The zero-order valence-corrected chi connectivity index (χ0v) is 14.3. The fourth-order valence-electron chi connectivity index (χ4n) is 3.84. The van der Waals surface area contributed by atoms with E-state index in [1.54, 1.807) is 0 Å². The molecule has 1 saturated carbocycles. The molecule has 0 radical (unpaired) electrons. The topological polar surface area (TPSA) is 40.1 Å². The van der Waals surface area contributed by atoms with Crippen LogP contribution in [0, 0.1) is 5.92 Å². The first-order valence-electron chi connectivity index (χ1n) is 9.11. The molecular weight excluding hydrogens is 276 g/mol. The van der Waals surface area contributed by atoms with Crippen LogP contribution in [0.4, 0.5) is 0 Å². The molecule has 22 heavy (non-hydrogen) atoms. The Morgan fingerprint density at radius 1 is 1.14 bits per heavy atom. The van der Waals surface area contributed by atoms with Crippen LogP contribution < -0.4 is 5.32 Å². The van der Waals surface area contributed by atoms with Gasteiger partial charge in [-0.1, -0.05) is 0 Å². The smallest absolute Gasteiger partial charge is 0.193 e. The van der Waals surface area contributed by atoms with Crippen LogP contribution in [0.5, 0.6) is 0 Å². The molecule has 3 aliphatic rings. The van der Waals surface area contributed by atoms with Crippen molar-refractivity contribution in [3.8, 4) is 0 Å². The summed E-state index contributed by atoms with van der Waals surface area (Å²) in [6, 6.07) is 0.918. The highest BCUT2D eigenvalue weighted by Gasteiger charge is 2.34. The number of ether oxygens (including phenoxy) is 1. The minimum Gasteiger partial charge on any atom is -0.378 e. The first-order valence-corrected chi connectivity index (χ1v) is 9.11. The first-order chi connectivity index (χ1) is 10.8. The molecule has 126 valence electrons. The highest BCUT2D eigenvalue weighted by atomic mass is 16.5. The Labute approximate surface area is 135 Å². The highest BCUT2D eigenvalue weighted by molar-refractivity contribution is 5.79. The predicted octanol–water partition coefficient (Wildman–Crippen LogP) is 1.55. The van der Waals surface area contributed by atoms with Gasteiger partial charge in [0.25, 0.3) is 0 Å². The van der Waals surface area contributed by atoms with E-state index in [0.29, 0.717) is 6.10 Å². The molecule has 2 saturated heterocycles. The normalized spacial score (nSPS) is 28.4. The lowest BCUT2D eigenvalue weighted by atomic mass is 10.1. The molecule has 2 aliphatic heterocycles. The maximum absolute atomic E-state index is 5.73. The Bertz CT molecular complexity index is 375. The van der Waals surface area contributed by atoms with Gasteiger partial charge >= 0.3 is 0 Å². The summed E-state index contributed by atoms with van der Waals surface area (Å²) in [5, 5.41) is 3.62. The zero-order chi connectivity index (χ0) is 15.4. The van der Waals surface area contributed by atoms with Gasteiger partial charge in [0.05, 0.1) is 6.10 Å². The maximum Gasteiger partial charge on any atom is 0.193 e. The van der Waals surface area contributed by atoms with Crippen molar-refractivity contribution in [3.05, 3.63) is 0 Å². The van der Waals surface area contributed by atoms with Gasteiger partial charge in [0.15, 0.2) is 5.96 Å². The summed E-state index contributed by atoms with van der Waals surface area (Å²) in [7, 11) is 1.90. The number of likely N-dealkylation sites (tertiary alicyclic amines) is 2. The molecule has 0 aromatic heterocycles. The summed E-state index contributed by atoms with van der Waals surface area (Å²) in [6.45, 7) is 8.68. The summed E-state index contributed by atoms with van der Waals surface area (Å²) in [5.74, 6) is 1.87. The second-order valence-corrected chi connectivity index (χ2v) is 6.95. The minimum atomic E-state index is 0.446. The summed E-state index contributed by atoms with van der Waals surface area (Å²) in [5.41, 5.74) is 0. The average molecular weight is 308 g/mol. The van der Waals surface area contributed by atoms with E-state index in [2.05, 4.69) is 27.0 Å². The van der Waals surface area contributed by atoms with Crippen molar-refractivity contribution >= 4 is 5.96 Å². The largest absolute Gasteiger partial charge is 0.378 e. The van der Waals surface area contributed by atoms with Crippen molar-refractivity contribution in [2.75, 3.05) is 46.4 Å². The molecule has 3 rings (SSSR count). The van der Waals surface area contributed by atoms with Crippen LogP contribution in [0.3, 0.4) is 0 Å². The molecule has 1 aliphatic carbocycles. The summed E-state index contributed by atoms with van der Waals surface area (Å²) in [6.07, 6.45) is 6.88. The van der Waals surface area contributed by atoms with Gasteiger partial charge in [-0.05, 0) is 51.5 Å². The molecule has 3 fully saturated rings. The number of hydrogen-bond donors (Lipinski definition) is 1. The monoisotopic (exact) mass is 308 g/mol. The number of aliphatic imine (C=N–C) groups is 1. The quantitative estimate of drug-likeness (QED) is 0.618. The van der Waals surface area contributed by atoms with E-state index in [1.165, 1.54) is 32.4 Å². The van der Waals surface area contributed by atoms with Crippen molar-refractivity contribution < 1.29 is 4.74 Å². The van der Waals surface area contributed by atoms with Crippen LogP contribution in [0.15, 0.2) is 4.99 Å². The maximum atomic E-state index is 5.73. The SMILES string of the molecule is CCOC1CCN(C(=NC)NCC2CCN(C3CC3)C2)CC1. The van der Waals surface area contributed by atoms with Crippen molar-refractivity contribution in [2.45, 2.75) is 51.2 Å². The third kappa shape index (κ3) is 4.13. The Balaban J connectivity index is 1.39. The lowest BCUT2D eigenvalue weighted by molar-refractivity contribution is 0.0263. The van der Waals surface area contributed by atoms with E-state index < -0.39 is 0 Å². The number of nitrogens with zero attached hydrogens (tertiary/aromatic N) is 3. The molecule has 1 atom stereocenters. The van der Waals surface area contributed by atoms with Crippen molar-refractivity contribution in [3.63, 3.8) is 0 Å². The molecule has 1 N–H and O–H groups in total. The Hall–Kier alpha value is -0.810. The van der Waals surface area contributed by atoms with Crippen LogP contribution in [-0.4, -0.2) is 74.3 Å². The van der Waals surface area contributed by atoms with Gasteiger partial charge < -0.3 is 19.9 Å². The lowest BCUT2D eigenvalue weighted by Gasteiger charge is -2.34. The molecule has 1 unspecified atom stereocenters. The van der Waals surface area contributed by atoms with Crippen LogP contribution in [0.2, 0.25) is 0 Å². The highest BCUT2D eigenvalue weighted by Crippen LogP contribution is 2.31. The minimum absolute atomic E-state index is 0.446. The number of piperidine rings is 1. The van der Waals surface area contributed by atoms with E-state index in [9.17, 15) is 0 Å². The molecule has 0 bridgehead atoms. The first kappa shape index (κ1) is 16.1. The van der Waals surface area contributed by atoms with E-state index >= 15 is 0 Å². The second-order valence-electron chi connectivity index (χ2n) is 6.95. The van der Waals surface area contributed by atoms with Crippen LogP contribution in [0.1, 0.15) is 39.0 Å². The van der Waals surface area contributed by atoms with Gasteiger partial charge in [0, 0.05) is 45.9 Å². The number of nitrogens with one attached hydrogen (secondary N) is 1. The van der Waals surface area contributed by atoms with Gasteiger partial charge in [-0.3, -0.25) is 4.99 Å². The summed E-state index contributed by atoms with van der Waals surface area (Å²) in [4.78, 5) is 9.56. The van der Waals surface area contributed by atoms with Crippen molar-refractivity contribution in [2.24, 2.45) is 10.9 Å². The molecule has 5 heteroatoms. The number of guanidine groups is 1. The Kier molecular flexibility index (Phi) is 5.58. The Morgan fingerprint density at radius 3 is 2.55 bits per heavy atom. The fourth-order valence-corrected chi connectivity index (χ4v) is 3.84. The zero-order valence-electron chi connectivity index (χ0n) is 14.3. The Morgan fingerprint density at radius 2 is 1.91 bits per heavy atom. The molecule has 2 heterocycles. The molecule has 0 aromatic rings. The lowest BCUT2D eigenvalue weighted by Crippen LogP contribution is -2.48. The second kappa shape index (κ2) is 7.64. The average Bonchev–Trinajstić information content (AvgIpc) is 3.29. The van der Waals surface area contributed by atoms with Gasteiger partial charge in [-0.15, -0.1) is 0 Å². The molecule has 0 amide bonds. The third-order valence-corrected chi connectivity index (χ3v) is 5.29. The van der Waals surface area contributed by atoms with Gasteiger partial charge in [-0.2, -0.15) is 0 Å². The molecular formula is C17H32N4O. The van der Waals surface area contributed by atoms with Crippen LogP contribution in [0.25, 0.3) is 0 Å².